The van der Waals surface area contributed by atoms with Crippen LogP contribution in [0.15, 0.2) is 30.5 Å². The molecule has 0 aliphatic carbocycles. The molecule has 4 N–H and O–H groups in total. The van der Waals surface area contributed by atoms with Crippen molar-refractivity contribution in [2.24, 2.45) is 0 Å². The molecule has 0 radical (unpaired) electrons. The van der Waals surface area contributed by atoms with E-state index in [0.29, 0.717) is 17.1 Å². The number of halogens is 1. The first kappa shape index (κ1) is 11.5. The van der Waals surface area contributed by atoms with Crippen molar-refractivity contribution < 1.29 is 4.79 Å². The quantitative estimate of drug-likeness (QED) is 0.773. The lowest BCUT2D eigenvalue weighted by atomic mass is 10.2. The Hall–Kier alpha value is -2.01. The molecule has 1 heterocycles. The van der Waals surface area contributed by atoms with Gasteiger partial charge in [-0.15, -0.1) is 0 Å². The number of nitrogen functional groups attached to an aromatic ring is 1. The molecule has 2 rings (SSSR count). The predicted molar refractivity (Wildman–Crippen MR) is 65.6 cm³/mol. The number of nitrogens with zero attached hydrogens (tertiary/aromatic N) is 1. The zero-order valence-corrected chi connectivity index (χ0v) is 9.66. The highest BCUT2D eigenvalue weighted by atomic mass is 35.5. The minimum absolute atomic E-state index is 0.258. The van der Waals surface area contributed by atoms with E-state index >= 15 is 0 Å². The summed E-state index contributed by atoms with van der Waals surface area (Å²) in [5, 5.41) is 9.59. The number of aromatic nitrogens is 2. The van der Waals surface area contributed by atoms with Crippen molar-refractivity contribution in [3.8, 4) is 0 Å². The fourth-order valence-corrected chi connectivity index (χ4v) is 1.48. The third kappa shape index (κ3) is 2.76. The summed E-state index contributed by atoms with van der Waals surface area (Å²) in [6.07, 6.45) is 1.40. The molecule has 6 heteroatoms. The number of amides is 1. The summed E-state index contributed by atoms with van der Waals surface area (Å²) >= 11 is 5.76. The molecule has 1 aromatic heterocycles. The summed E-state index contributed by atoms with van der Waals surface area (Å²) in [5.41, 5.74) is 6.84. The molecule has 0 atom stereocenters. The molecule has 0 aliphatic rings. The molecule has 0 bridgehead atoms. The maximum Gasteiger partial charge on any atom is 0.256 e. The maximum absolute atomic E-state index is 11.7. The van der Waals surface area contributed by atoms with Crippen LogP contribution in [0.2, 0.25) is 5.02 Å². The van der Waals surface area contributed by atoms with Crippen molar-refractivity contribution in [3.05, 3.63) is 46.6 Å². The van der Waals surface area contributed by atoms with Crippen LogP contribution in [0.5, 0.6) is 0 Å². The SMILES string of the molecule is Nc1[nH]ncc1C(=O)NCc1ccc(Cl)cc1. The number of nitrogens with one attached hydrogen (secondary N) is 2. The monoisotopic (exact) mass is 250 g/mol. The average molecular weight is 251 g/mol. The van der Waals surface area contributed by atoms with E-state index < -0.39 is 0 Å². The third-order valence-electron chi connectivity index (χ3n) is 2.28. The van der Waals surface area contributed by atoms with Gasteiger partial charge in [0.15, 0.2) is 0 Å². The summed E-state index contributed by atoms with van der Waals surface area (Å²) in [5.74, 6) is 0.00445. The number of carbonyl (C=O) groups excluding carboxylic acids is 1. The van der Waals surface area contributed by atoms with Crippen LogP contribution >= 0.6 is 11.6 Å². The Morgan fingerprint density at radius 1 is 1.41 bits per heavy atom. The fraction of sp³-hybridized carbons (Fsp3) is 0.0909. The molecule has 0 aliphatic heterocycles. The van der Waals surface area contributed by atoms with E-state index in [1.54, 1.807) is 12.1 Å². The first-order chi connectivity index (χ1) is 8.16. The van der Waals surface area contributed by atoms with Crippen LogP contribution in [-0.2, 0) is 6.54 Å². The molecule has 0 spiro atoms. The fourth-order valence-electron chi connectivity index (χ4n) is 1.36. The standard InChI is InChI=1S/C11H11ClN4O/c12-8-3-1-7(2-4-8)5-14-11(17)9-6-15-16-10(9)13/h1-4,6H,5H2,(H,14,17)(H3,13,15,16). The highest BCUT2D eigenvalue weighted by molar-refractivity contribution is 6.30. The second-order valence-electron chi connectivity index (χ2n) is 3.51. The normalized spacial score (nSPS) is 10.2. The summed E-state index contributed by atoms with van der Waals surface area (Å²) in [4.78, 5) is 11.7. The van der Waals surface area contributed by atoms with E-state index in [2.05, 4.69) is 15.5 Å². The van der Waals surface area contributed by atoms with Crippen molar-refractivity contribution in [2.75, 3.05) is 5.73 Å². The number of nitrogens with two attached hydrogens (primary N) is 1. The van der Waals surface area contributed by atoms with E-state index in [4.69, 9.17) is 17.3 Å². The molecule has 1 amide bonds. The third-order valence-corrected chi connectivity index (χ3v) is 2.53. The minimum Gasteiger partial charge on any atom is -0.383 e. The molecule has 0 saturated carbocycles. The van der Waals surface area contributed by atoms with Gasteiger partial charge in [-0.2, -0.15) is 5.10 Å². The number of hydrogen-bond acceptors (Lipinski definition) is 3. The zero-order valence-electron chi connectivity index (χ0n) is 8.90. The molecule has 0 unspecified atom stereocenters. The average Bonchev–Trinajstić information content (AvgIpc) is 2.74. The lowest BCUT2D eigenvalue weighted by Gasteiger charge is -2.04. The molecule has 1 aromatic carbocycles. The number of aromatic amines is 1. The van der Waals surface area contributed by atoms with E-state index in [1.807, 2.05) is 12.1 Å². The Labute approximate surface area is 103 Å². The van der Waals surface area contributed by atoms with Gasteiger partial charge < -0.3 is 11.1 Å². The van der Waals surface area contributed by atoms with E-state index in [-0.39, 0.29) is 11.7 Å². The molecular formula is C11H11ClN4O. The Balaban J connectivity index is 1.97. The van der Waals surface area contributed by atoms with Crippen LogP contribution in [-0.4, -0.2) is 16.1 Å². The van der Waals surface area contributed by atoms with Gasteiger partial charge in [0.1, 0.15) is 11.4 Å². The second kappa shape index (κ2) is 4.88. The highest BCUT2D eigenvalue weighted by Crippen LogP contribution is 2.10. The van der Waals surface area contributed by atoms with Crippen molar-refractivity contribution in [1.82, 2.24) is 15.5 Å². The van der Waals surface area contributed by atoms with Crippen LogP contribution in [0.3, 0.4) is 0 Å². The minimum atomic E-state index is -0.258. The number of rotatable bonds is 3. The Bertz CT molecular complexity index is 521. The van der Waals surface area contributed by atoms with Crippen LogP contribution < -0.4 is 11.1 Å². The summed E-state index contributed by atoms with van der Waals surface area (Å²) in [7, 11) is 0. The number of benzene rings is 1. The van der Waals surface area contributed by atoms with Crippen LogP contribution in [0, 0.1) is 0 Å². The summed E-state index contributed by atoms with van der Waals surface area (Å²) < 4.78 is 0. The molecular weight excluding hydrogens is 240 g/mol. The van der Waals surface area contributed by atoms with Crippen molar-refractivity contribution >= 4 is 23.3 Å². The largest absolute Gasteiger partial charge is 0.383 e. The Kier molecular flexibility index (Phi) is 3.30. The molecule has 0 fully saturated rings. The molecule has 0 saturated heterocycles. The smallest absolute Gasteiger partial charge is 0.256 e. The molecule has 88 valence electrons. The van der Waals surface area contributed by atoms with Gasteiger partial charge in [0.2, 0.25) is 0 Å². The first-order valence-corrected chi connectivity index (χ1v) is 5.36. The van der Waals surface area contributed by atoms with Crippen molar-refractivity contribution in [1.29, 1.82) is 0 Å². The second-order valence-corrected chi connectivity index (χ2v) is 3.94. The first-order valence-electron chi connectivity index (χ1n) is 4.98. The van der Waals surface area contributed by atoms with Gasteiger partial charge in [-0.25, -0.2) is 0 Å². The van der Waals surface area contributed by atoms with Crippen molar-refractivity contribution in [3.63, 3.8) is 0 Å². The van der Waals surface area contributed by atoms with Crippen LogP contribution in [0.1, 0.15) is 15.9 Å². The lowest BCUT2D eigenvalue weighted by Crippen LogP contribution is -2.23. The Morgan fingerprint density at radius 3 is 2.71 bits per heavy atom. The zero-order chi connectivity index (χ0) is 12.3. The molecule has 5 nitrogen and oxygen atoms in total. The highest BCUT2D eigenvalue weighted by Gasteiger charge is 2.10. The van der Waals surface area contributed by atoms with E-state index in [9.17, 15) is 4.79 Å². The van der Waals surface area contributed by atoms with Gasteiger partial charge in [-0.3, -0.25) is 9.89 Å². The molecule has 17 heavy (non-hydrogen) atoms. The van der Waals surface area contributed by atoms with Gasteiger partial charge >= 0.3 is 0 Å². The van der Waals surface area contributed by atoms with Gasteiger partial charge in [0, 0.05) is 11.6 Å². The topological polar surface area (TPSA) is 83.8 Å². The summed E-state index contributed by atoms with van der Waals surface area (Å²) in [6.45, 7) is 0.417. The van der Waals surface area contributed by atoms with E-state index in [1.165, 1.54) is 6.20 Å². The van der Waals surface area contributed by atoms with Crippen LogP contribution in [0.4, 0.5) is 5.82 Å². The number of anilines is 1. The van der Waals surface area contributed by atoms with Gasteiger partial charge in [-0.05, 0) is 17.7 Å². The molecule has 2 aromatic rings. The van der Waals surface area contributed by atoms with Crippen molar-refractivity contribution in [2.45, 2.75) is 6.54 Å². The Morgan fingerprint density at radius 2 is 2.12 bits per heavy atom. The summed E-state index contributed by atoms with van der Waals surface area (Å²) in [6, 6.07) is 7.24. The van der Waals surface area contributed by atoms with Gasteiger partial charge in [0.25, 0.3) is 5.91 Å². The van der Waals surface area contributed by atoms with Crippen LogP contribution in [0.25, 0.3) is 0 Å². The number of carbonyl (C=O) groups is 1. The van der Waals surface area contributed by atoms with Gasteiger partial charge in [0.05, 0.1) is 6.20 Å². The van der Waals surface area contributed by atoms with Gasteiger partial charge in [-0.1, -0.05) is 23.7 Å². The lowest BCUT2D eigenvalue weighted by molar-refractivity contribution is 0.0952. The number of H-pyrrole nitrogens is 1. The van der Waals surface area contributed by atoms with E-state index in [0.717, 1.165) is 5.56 Å². The maximum atomic E-state index is 11.7. The number of hydrogen-bond donors (Lipinski definition) is 3. The predicted octanol–water partition coefficient (Wildman–Crippen LogP) is 1.58.